The van der Waals surface area contributed by atoms with Crippen LogP contribution in [0.1, 0.15) is 29.6 Å². The maximum absolute atomic E-state index is 12.7. The summed E-state index contributed by atoms with van der Waals surface area (Å²) in [6.07, 6.45) is 6.08. The molecule has 0 atom stereocenters. The van der Waals surface area contributed by atoms with Crippen molar-refractivity contribution in [1.29, 1.82) is 0 Å². The SMILES string of the molecule is C=CCN(C(=O)c1ccccc1)C1=CCC2(CC1)OCCO2. The van der Waals surface area contributed by atoms with Crippen molar-refractivity contribution in [3.63, 3.8) is 0 Å². The third-order valence-electron chi connectivity index (χ3n) is 4.15. The van der Waals surface area contributed by atoms with Crippen LogP contribution in [0, 0.1) is 0 Å². The number of carbonyl (C=O) groups is 1. The number of amides is 1. The molecule has 1 spiro atoms. The van der Waals surface area contributed by atoms with E-state index in [9.17, 15) is 4.79 Å². The fourth-order valence-electron chi connectivity index (χ4n) is 3.00. The molecule has 0 radical (unpaired) electrons. The summed E-state index contributed by atoms with van der Waals surface area (Å²) in [6.45, 7) is 5.59. The molecule has 0 aromatic heterocycles. The first-order chi connectivity index (χ1) is 10.7. The van der Waals surface area contributed by atoms with Crippen LogP contribution >= 0.6 is 0 Å². The molecule has 0 unspecified atom stereocenters. The first-order valence-electron chi connectivity index (χ1n) is 7.69. The molecule has 0 N–H and O–H groups in total. The molecule has 1 heterocycles. The lowest BCUT2D eigenvalue weighted by molar-refractivity contribution is -0.162. The first kappa shape index (κ1) is 15.0. The summed E-state index contributed by atoms with van der Waals surface area (Å²) in [4.78, 5) is 14.5. The summed E-state index contributed by atoms with van der Waals surface area (Å²) >= 11 is 0. The van der Waals surface area contributed by atoms with Crippen molar-refractivity contribution in [1.82, 2.24) is 4.90 Å². The predicted octanol–water partition coefficient (Wildman–Crippen LogP) is 3.13. The number of nitrogens with zero attached hydrogens (tertiary/aromatic N) is 1. The van der Waals surface area contributed by atoms with Gasteiger partial charge in [0.1, 0.15) is 0 Å². The Morgan fingerprint density at radius 3 is 2.59 bits per heavy atom. The minimum Gasteiger partial charge on any atom is -0.347 e. The van der Waals surface area contributed by atoms with Gasteiger partial charge in [0.15, 0.2) is 5.79 Å². The minimum atomic E-state index is -0.459. The average Bonchev–Trinajstić information content (AvgIpc) is 3.02. The van der Waals surface area contributed by atoms with Gasteiger partial charge < -0.3 is 14.4 Å². The van der Waals surface area contributed by atoms with Crippen molar-refractivity contribution in [3.05, 3.63) is 60.3 Å². The van der Waals surface area contributed by atoms with E-state index in [0.717, 1.165) is 18.5 Å². The van der Waals surface area contributed by atoms with E-state index in [2.05, 4.69) is 12.7 Å². The van der Waals surface area contributed by atoms with Gasteiger partial charge >= 0.3 is 0 Å². The molecule has 1 aliphatic heterocycles. The number of hydrogen-bond acceptors (Lipinski definition) is 3. The Kier molecular flexibility index (Phi) is 4.41. The molecule has 3 rings (SSSR count). The molecule has 0 saturated carbocycles. The summed E-state index contributed by atoms with van der Waals surface area (Å²) < 4.78 is 11.4. The average molecular weight is 299 g/mol. The summed E-state index contributed by atoms with van der Waals surface area (Å²) in [6, 6.07) is 9.35. The van der Waals surface area contributed by atoms with E-state index < -0.39 is 5.79 Å². The van der Waals surface area contributed by atoms with E-state index in [1.807, 2.05) is 30.3 Å². The summed E-state index contributed by atoms with van der Waals surface area (Å²) in [5.41, 5.74) is 1.72. The molecule has 1 saturated heterocycles. The van der Waals surface area contributed by atoms with E-state index in [-0.39, 0.29) is 5.91 Å². The number of benzene rings is 1. The van der Waals surface area contributed by atoms with Crippen LogP contribution in [0.4, 0.5) is 0 Å². The highest BCUT2D eigenvalue weighted by Gasteiger charge is 2.38. The van der Waals surface area contributed by atoms with Crippen molar-refractivity contribution >= 4 is 5.91 Å². The van der Waals surface area contributed by atoms with Gasteiger partial charge in [0, 0.05) is 30.6 Å². The molecular formula is C18H21NO3. The van der Waals surface area contributed by atoms with Crippen molar-refractivity contribution in [3.8, 4) is 0 Å². The Labute approximate surface area is 131 Å². The first-order valence-corrected chi connectivity index (χ1v) is 7.69. The van der Waals surface area contributed by atoms with Crippen LogP contribution in [0.25, 0.3) is 0 Å². The predicted molar refractivity (Wildman–Crippen MR) is 84.2 cm³/mol. The third kappa shape index (κ3) is 2.98. The van der Waals surface area contributed by atoms with E-state index in [1.165, 1.54) is 0 Å². The molecule has 1 aliphatic carbocycles. The Hall–Kier alpha value is -1.91. The van der Waals surface area contributed by atoms with Crippen LogP contribution < -0.4 is 0 Å². The molecule has 2 aliphatic rings. The van der Waals surface area contributed by atoms with Crippen LogP contribution in [0.5, 0.6) is 0 Å². The van der Waals surface area contributed by atoms with Crippen LogP contribution in [0.3, 0.4) is 0 Å². The second-order valence-corrected chi connectivity index (χ2v) is 5.58. The second-order valence-electron chi connectivity index (χ2n) is 5.58. The number of rotatable bonds is 4. The molecule has 4 heteroatoms. The lowest BCUT2D eigenvalue weighted by atomic mass is 9.96. The Bertz CT molecular complexity index is 573. The van der Waals surface area contributed by atoms with Crippen LogP contribution in [0.2, 0.25) is 0 Å². The quantitative estimate of drug-likeness (QED) is 0.802. The number of hydrogen-bond donors (Lipinski definition) is 0. The zero-order valence-electron chi connectivity index (χ0n) is 12.7. The monoisotopic (exact) mass is 299 g/mol. The van der Waals surface area contributed by atoms with Crippen LogP contribution in [-0.4, -0.2) is 36.4 Å². The van der Waals surface area contributed by atoms with Gasteiger partial charge in [0.05, 0.1) is 13.2 Å². The summed E-state index contributed by atoms with van der Waals surface area (Å²) in [5.74, 6) is -0.449. The van der Waals surface area contributed by atoms with E-state index in [4.69, 9.17) is 9.47 Å². The van der Waals surface area contributed by atoms with Gasteiger partial charge in [-0.05, 0) is 18.6 Å². The highest BCUT2D eigenvalue weighted by atomic mass is 16.7. The summed E-state index contributed by atoms with van der Waals surface area (Å²) in [5, 5.41) is 0. The van der Waals surface area contributed by atoms with Gasteiger partial charge in [-0.1, -0.05) is 30.4 Å². The molecule has 0 bridgehead atoms. The normalized spacial score (nSPS) is 19.7. The maximum Gasteiger partial charge on any atom is 0.258 e. The largest absolute Gasteiger partial charge is 0.347 e. The van der Waals surface area contributed by atoms with Gasteiger partial charge in [0.25, 0.3) is 5.91 Å². The van der Waals surface area contributed by atoms with E-state index in [0.29, 0.717) is 31.7 Å². The maximum atomic E-state index is 12.7. The smallest absolute Gasteiger partial charge is 0.258 e. The molecule has 1 aromatic carbocycles. The number of ether oxygens (including phenoxy) is 2. The van der Waals surface area contributed by atoms with E-state index in [1.54, 1.807) is 11.0 Å². The molecule has 116 valence electrons. The molecule has 1 fully saturated rings. The number of carbonyl (C=O) groups excluding carboxylic acids is 1. The van der Waals surface area contributed by atoms with Gasteiger partial charge in [0.2, 0.25) is 0 Å². The zero-order valence-corrected chi connectivity index (χ0v) is 12.7. The van der Waals surface area contributed by atoms with Gasteiger partial charge in [-0.25, -0.2) is 0 Å². The van der Waals surface area contributed by atoms with Crippen molar-refractivity contribution in [2.75, 3.05) is 19.8 Å². The Morgan fingerprint density at radius 2 is 2.00 bits per heavy atom. The standard InChI is InChI=1S/C18H21NO3/c1-2-12-19(17(20)15-6-4-3-5-7-15)16-8-10-18(11-9-16)21-13-14-22-18/h2-8H,1,9-14H2. The topological polar surface area (TPSA) is 38.8 Å². The van der Waals surface area contributed by atoms with Gasteiger partial charge in [-0.15, -0.1) is 6.58 Å². The Balaban J connectivity index is 1.78. The molecular weight excluding hydrogens is 278 g/mol. The van der Waals surface area contributed by atoms with Crippen LogP contribution in [0.15, 0.2) is 54.8 Å². The Morgan fingerprint density at radius 1 is 1.27 bits per heavy atom. The van der Waals surface area contributed by atoms with Crippen molar-refractivity contribution in [2.24, 2.45) is 0 Å². The van der Waals surface area contributed by atoms with Crippen LogP contribution in [-0.2, 0) is 9.47 Å². The summed E-state index contributed by atoms with van der Waals surface area (Å²) in [7, 11) is 0. The van der Waals surface area contributed by atoms with Gasteiger partial charge in [-0.3, -0.25) is 4.79 Å². The van der Waals surface area contributed by atoms with Crippen molar-refractivity contribution in [2.45, 2.75) is 25.0 Å². The van der Waals surface area contributed by atoms with Gasteiger partial charge in [-0.2, -0.15) is 0 Å². The highest BCUT2D eigenvalue weighted by Crippen LogP contribution is 2.36. The fourth-order valence-corrected chi connectivity index (χ4v) is 3.00. The zero-order chi connectivity index (χ0) is 15.4. The minimum absolute atomic E-state index is 0.0101. The number of allylic oxidation sites excluding steroid dienone is 1. The molecule has 4 nitrogen and oxygen atoms in total. The molecule has 22 heavy (non-hydrogen) atoms. The molecule has 1 amide bonds. The fraction of sp³-hybridized carbons (Fsp3) is 0.389. The third-order valence-corrected chi connectivity index (χ3v) is 4.15. The second kappa shape index (κ2) is 6.46. The lowest BCUT2D eigenvalue weighted by Crippen LogP contribution is -2.37. The lowest BCUT2D eigenvalue weighted by Gasteiger charge is -2.34. The van der Waals surface area contributed by atoms with Crippen molar-refractivity contribution < 1.29 is 14.3 Å². The van der Waals surface area contributed by atoms with E-state index >= 15 is 0 Å². The molecule has 1 aromatic rings. The highest BCUT2D eigenvalue weighted by molar-refractivity contribution is 5.95.